The zero-order chi connectivity index (χ0) is 16.3. The van der Waals surface area contributed by atoms with E-state index in [1.807, 2.05) is 32.9 Å². The second-order valence-corrected chi connectivity index (χ2v) is 6.15. The summed E-state index contributed by atoms with van der Waals surface area (Å²) >= 11 is 0. The molecule has 0 fully saturated rings. The second kappa shape index (κ2) is 7.47. The molecule has 0 heterocycles. The number of hydrogen-bond acceptors (Lipinski definition) is 2. The fourth-order valence-corrected chi connectivity index (χ4v) is 2.29. The first-order chi connectivity index (χ1) is 10.3. The van der Waals surface area contributed by atoms with Crippen molar-refractivity contribution < 1.29 is 9.18 Å². The van der Waals surface area contributed by atoms with E-state index in [1.165, 1.54) is 12.1 Å². The molecule has 2 aromatic rings. The Labute approximate surface area is 142 Å². The molecule has 0 aliphatic carbocycles. The van der Waals surface area contributed by atoms with Gasteiger partial charge in [0.15, 0.2) is 0 Å². The Morgan fingerprint density at radius 2 is 1.91 bits per heavy atom. The van der Waals surface area contributed by atoms with Gasteiger partial charge < -0.3 is 11.1 Å². The van der Waals surface area contributed by atoms with Gasteiger partial charge in [0, 0.05) is 23.2 Å². The van der Waals surface area contributed by atoms with E-state index in [1.54, 1.807) is 18.2 Å². The average Bonchev–Trinajstić information content (AvgIpc) is 2.47. The topological polar surface area (TPSA) is 55.1 Å². The van der Waals surface area contributed by atoms with Gasteiger partial charge in [-0.3, -0.25) is 4.79 Å². The highest BCUT2D eigenvalue weighted by molar-refractivity contribution is 5.96. The second-order valence-electron chi connectivity index (χ2n) is 6.15. The largest absolute Gasteiger partial charge is 0.399 e. The molecule has 0 atom stereocenters. The lowest BCUT2D eigenvalue weighted by Crippen LogP contribution is -2.37. The maximum Gasteiger partial charge on any atom is 0.251 e. The van der Waals surface area contributed by atoms with Crippen LogP contribution in [-0.4, -0.2) is 12.5 Å². The molecule has 2 rings (SSSR count). The van der Waals surface area contributed by atoms with Crippen LogP contribution in [0.2, 0.25) is 0 Å². The van der Waals surface area contributed by atoms with Crippen molar-refractivity contribution in [3.63, 3.8) is 0 Å². The van der Waals surface area contributed by atoms with E-state index in [2.05, 4.69) is 5.32 Å². The molecule has 1 amide bonds. The number of nitrogens with one attached hydrogen (secondary N) is 1. The highest BCUT2D eigenvalue weighted by Gasteiger charge is 2.22. The van der Waals surface area contributed by atoms with Gasteiger partial charge in [-0.15, -0.1) is 12.4 Å². The molecule has 0 aromatic heterocycles. The van der Waals surface area contributed by atoms with Crippen LogP contribution in [0.4, 0.5) is 10.1 Å². The van der Waals surface area contributed by atoms with Crippen molar-refractivity contribution in [3.05, 3.63) is 65.0 Å². The Morgan fingerprint density at radius 1 is 1.22 bits per heavy atom. The third-order valence-electron chi connectivity index (χ3n) is 3.80. The lowest BCUT2D eigenvalue weighted by atomic mass is 9.84. The summed E-state index contributed by atoms with van der Waals surface area (Å²) in [4.78, 5) is 12.3. The van der Waals surface area contributed by atoms with Crippen molar-refractivity contribution >= 4 is 24.0 Å². The van der Waals surface area contributed by atoms with Gasteiger partial charge in [0.1, 0.15) is 5.82 Å². The molecule has 0 spiro atoms. The Kier molecular flexibility index (Phi) is 6.16. The standard InChI is InChI=1S/C18H21FN2O.ClH/c1-12-7-8-15(20)10-16(12)17(22)21-11-18(2,3)13-5-4-6-14(19)9-13;/h4-10H,11,20H2,1-3H3,(H,21,22);1H. The van der Waals surface area contributed by atoms with Gasteiger partial charge in [-0.2, -0.15) is 0 Å². The molecule has 2 aromatic carbocycles. The Morgan fingerprint density at radius 3 is 2.57 bits per heavy atom. The first-order valence-electron chi connectivity index (χ1n) is 7.20. The highest BCUT2D eigenvalue weighted by atomic mass is 35.5. The summed E-state index contributed by atoms with van der Waals surface area (Å²) < 4.78 is 13.4. The van der Waals surface area contributed by atoms with E-state index in [0.29, 0.717) is 17.8 Å². The number of anilines is 1. The molecule has 3 nitrogen and oxygen atoms in total. The summed E-state index contributed by atoms with van der Waals surface area (Å²) in [6, 6.07) is 11.7. The van der Waals surface area contributed by atoms with Gasteiger partial charge in [-0.05, 0) is 42.3 Å². The molecule has 0 saturated heterocycles. The molecule has 124 valence electrons. The third kappa shape index (κ3) is 4.70. The first-order valence-corrected chi connectivity index (χ1v) is 7.20. The molecule has 23 heavy (non-hydrogen) atoms. The van der Waals surface area contributed by atoms with Gasteiger partial charge in [-0.25, -0.2) is 4.39 Å². The maximum absolute atomic E-state index is 13.4. The van der Waals surface area contributed by atoms with Crippen molar-refractivity contribution in [1.29, 1.82) is 0 Å². The maximum atomic E-state index is 13.4. The van der Waals surface area contributed by atoms with Crippen LogP contribution in [0, 0.1) is 12.7 Å². The van der Waals surface area contributed by atoms with Crippen molar-refractivity contribution in [2.75, 3.05) is 12.3 Å². The summed E-state index contributed by atoms with van der Waals surface area (Å²) in [6.45, 7) is 6.21. The minimum Gasteiger partial charge on any atom is -0.399 e. The fourth-order valence-electron chi connectivity index (χ4n) is 2.29. The monoisotopic (exact) mass is 336 g/mol. The van der Waals surface area contributed by atoms with Crippen LogP contribution in [0.25, 0.3) is 0 Å². The predicted molar refractivity (Wildman–Crippen MR) is 94.6 cm³/mol. The Bertz CT molecular complexity index is 701. The lowest BCUT2D eigenvalue weighted by molar-refractivity contribution is 0.0945. The van der Waals surface area contributed by atoms with Gasteiger partial charge in [-0.1, -0.05) is 32.0 Å². The van der Waals surface area contributed by atoms with Crippen LogP contribution in [0.15, 0.2) is 42.5 Å². The fraction of sp³-hybridized carbons (Fsp3) is 0.278. The molecule has 0 radical (unpaired) electrons. The summed E-state index contributed by atoms with van der Waals surface area (Å²) in [5.74, 6) is -0.446. The number of aryl methyl sites for hydroxylation is 1. The van der Waals surface area contributed by atoms with Crippen molar-refractivity contribution in [2.24, 2.45) is 0 Å². The van der Waals surface area contributed by atoms with Crippen LogP contribution in [0.1, 0.15) is 35.3 Å². The van der Waals surface area contributed by atoms with E-state index in [0.717, 1.165) is 11.1 Å². The number of rotatable bonds is 4. The normalized spacial score (nSPS) is 10.8. The van der Waals surface area contributed by atoms with E-state index in [-0.39, 0.29) is 29.5 Å². The van der Waals surface area contributed by atoms with E-state index in [4.69, 9.17) is 5.73 Å². The summed E-state index contributed by atoms with van der Waals surface area (Å²) in [7, 11) is 0. The van der Waals surface area contributed by atoms with Crippen molar-refractivity contribution in [3.8, 4) is 0 Å². The smallest absolute Gasteiger partial charge is 0.251 e. The SMILES string of the molecule is Cc1ccc(N)cc1C(=O)NCC(C)(C)c1cccc(F)c1.Cl. The number of amides is 1. The van der Waals surface area contributed by atoms with E-state index in [9.17, 15) is 9.18 Å². The number of nitrogens with two attached hydrogens (primary N) is 1. The average molecular weight is 337 g/mol. The molecule has 5 heteroatoms. The highest BCUT2D eigenvalue weighted by Crippen LogP contribution is 2.23. The lowest BCUT2D eigenvalue weighted by Gasteiger charge is -2.26. The van der Waals surface area contributed by atoms with Crippen LogP contribution < -0.4 is 11.1 Å². The summed E-state index contributed by atoms with van der Waals surface area (Å²) in [5, 5.41) is 2.91. The van der Waals surface area contributed by atoms with Gasteiger partial charge in [0.2, 0.25) is 0 Å². The molecule has 0 unspecified atom stereocenters. The number of hydrogen-bond donors (Lipinski definition) is 2. The van der Waals surface area contributed by atoms with Crippen LogP contribution in [0.3, 0.4) is 0 Å². The van der Waals surface area contributed by atoms with Crippen LogP contribution >= 0.6 is 12.4 Å². The van der Waals surface area contributed by atoms with Crippen LogP contribution in [0.5, 0.6) is 0 Å². The molecule has 0 aliphatic rings. The summed E-state index contributed by atoms with van der Waals surface area (Å²) in [5.41, 5.74) is 8.20. The number of benzene rings is 2. The van der Waals surface area contributed by atoms with Crippen molar-refractivity contribution in [1.82, 2.24) is 5.32 Å². The molecule has 0 saturated carbocycles. The number of carbonyl (C=O) groups excluding carboxylic acids is 1. The van der Waals surface area contributed by atoms with Crippen LogP contribution in [-0.2, 0) is 5.41 Å². The minimum absolute atomic E-state index is 0. The third-order valence-corrected chi connectivity index (χ3v) is 3.80. The minimum atomic E-state index is -0.369. The summed E-state index contributed by atoms with van der Waals surface area (Å²) in [6.07, 6.45) is 0. The van der Waals surface area contributed by atoms with Gasteiger partial charge >= 0.3 is 0 Å². The molecular formula is C18H22ClFN2O. The number of carbonyl (C=O) groups is 1. The molecule has 3 N–H and O–H groups in total. The van der Waals surface area contributed by atoms with E-state index < -0.39 is 0 Å². The Hall–Kier alpha value is -2.07. The first kappa shape index (κ1) is 19.0. The molecule has 0 bridgehead atoms. The molecule has 0 aliphatic heterocycles. The van der Waals surface area contributed by atoms with Gasteiger partial charge in [0.05, 0.1) is 0 Å². The zero-order valence-electron chi connectivity index (χ0n) is 13.5. The zero-order valence-corrected chi connectivity index (χ0v) is 14.3. The number of nitrogen functional groups attached to an aromatic ring is 1. The predicted octanol–water partition coefficient (Wildman–Crippen LogP) is 3.85. The number of halogens is 2. The van der Waals surface area contributed by atoms with Crippen molar-refractivity contribution in [2.45, 2.75) is 26.2 Å². The quantitative estimate of drug-likeness (QED) is 0.833. The van der Waals surface area contributed by atoms with Gasteiger partial charge in [0.25, 0.3) is 5.91 Å². The van der Waals surface area contributed by atoms with E-state index >= 15 is 0 Å². The molecular weight excluding hydrogens is 315 g/mol. The Balaban J connectivity index is 0.00000264.